The molecule has 1 aliphatic heterocycles. The van der Waals surface area contributed by atoms with Gasteiger partial charge in [0.1, 0.15) is 5.82 Å². The highest BCUT2D eigenvalue weighted by atomic mass is 16.5. The van der Waals surface area contributed by atoms with E-state index in [0.29, 0.717) is 18.6 Å². The maximum Gasteiger partial charge on any atom is 0.341 e. The third-order valence-corrected chi connectivity index (χ3v) is 3.59. The molecule has 1 saturated heterocycles. The van der Waals surface area contributed by atoms with Gasteiger partial charge in [-0.3, -0.25) is 0 Å². The van der Waals surface area contributed by atoms with Gasteiger partial charge in [-0.05, 0) is 32.1 Å². The third-order valence-electron chi connectivity index (χ3n) is 3.59. The van der Waals surface area contributed by atoms with Gasteiger partial charge in [-0.15, -0.1) is 0 Å². The molecule has 0 saturated carbocycles. The summed E-state index contributed by atoms with van der Waals surface area (Å²) in [6.45, 7) is 7.01. The lowest BCUT2D eigenvalue weighted by atomic mass is 10.0. The van der Waals surface area contributed by atoms with Crippen molar-refractivity contribution in [3.05, 3.63) is 23.3 Å². The molecule has 116 valence electrons. The molecule has 0 N–H and O–H groups in total. The van der Waals surface area contributed by atoms with Crippen LogP contribution in [0.1, 0.15) is 67.8 Å². The van der Waals surface area contributed by atoms with Crippen molar-refractivity contribution in [2.75, 3.05) is 13.2 Å². The first-order chi connectivity index (χ1) is 10.1. The Balaban J connectivity index is 2.16. The van der Waals surface area contributed by atoms with E-state index in [9.17, 15) is 4.79 Å². The second-order valence-electron chi connectivity index (χ2n) is 5.65. The van der Waals surface area contributed by atoms with Crippen LogP contribution in [0, 0.1) is 0 Å². The zero-order valence-corrected chi connectivity index (χ0v) is 13.1. The highest BCUT2D eigenvalue weighted by Crippen LogP contribution is 2.20. The molecule has 1 aromatic rings. The summed E-state index contributed by atoms with van der Waals surface area (Å²) in [4.78, 5) is 20.8. The lowest BCUT2D eigenvalue weighted by Crippen LogP contribution is -2.23. The van der Waals surface area contributed by atoms with Gasteiger partial charge in [0.2, 0.25) is 0 Å². The van der Waals surface area contributed by atoms with Crippen molar-refractivity contribution >= 4 is 5.97 Å². The summed E-state index contributed by atoms with van der Waals surface area (Å²) in [5.41, 5.74) is 1.23. The minimum Gasteiger partial charge on any atom is -0.462 e. The molecule has 5 nitrogen and oxygen atoms in total. The second-order valence-corrected chi connectivity index (χ2v) is 5.65. The highest BCUT2D eigenvalue weighted by Gasteiger charge is 2.20. The van der Waals surface area contributed by atoms with Crippen LogP contribution >= 0.6 is 0 Å². The van der Waals surface area contributed by atoms with E-state index in [1.165, 1.54) is 6.42 Å². The summed E-state index contributed by atoms with van der Waals surface area (Å²) in [5, 5.41) is 0. The SMILES string of the molecule is CCOC(=O)c1cnc(CC2CCCCO2)nc1C(C)C. The van der Waals surface area contributed by atoms with Crippen molar-refractivity contribution in [3.63, 3.8) is 0 Å². The summed E-state index contributed by atoms with van der Waals surface area (Å²) >= 11 is 0. The average Bonchev–Trinajstić information content (AvgIpc) is 2.48. The number of esters is 1. The molecule has 21 heavy (non-hydrogen) atoms. The zero-order chi connectivity index (χ0) is 15.2. The van der Waals surface area contributed by atoms with E-state index >= 15 is 0 Å². The van der Waals surface area contributed by atoms with Gasteiger partial charge in [0.05, 0.1) is 24.0 Å². The number of hydrogen-bond acceptors (Lipinski definition) is 5. The largest absolute Gasteiger partial charge is 0.462 e. The van der Waals surface area contributed by atoms with Crippen molar-refractivity contribution in [1.29, 1.82) is 0 Å². The number of aromatic nitrogens is 2. The monoisotopic (exact) mass is 292 g/mol. The molecule has 0 aromatic carbocycles. The lowest BCUT2D eigenvalue weighted by molar-refractivity contribution is 0.0156. The lowest BCUT2D eigenvalue weighted by Gasteiger charge is -2.22. The zero-order valence-electron chi connectivity index (χ0n) is 13.1. The van der Waals surface area contributed by atoms with E-state index in [1.54, 1.807) is 13.1 Å². The summed E-state index contributed by atoms with van der Waals surface area (Å²) in [5.74, 6) is 0.554. The average molecular weight is 292 g/mol. The van der Waals surface area contributed by atoms with Crippen LogP contribution in [0.5, 0.6) is 0 Å². The predicted molar refractivity (Wildman–Crippen MR) is 79.4 cm³/mol. The van der Waals surface area contributed by atoms with E-state index in [2.05, 4.69) is 9.97 Å². The van der Waals surface area contributed by atoms with Crippen LogP contribution < -0.4 is 0 Å². The van der Waals surface area contributed by atoms with Crippen LogP contribution in [-0.4, -0.2) is 35.3 Å². The van der Waals surface area contributed by atoms with Crippen molar-refractivity contribution in [2.24, 2.45) is 0 Å². The van der Waals surface area contributed by atoms with Gasteiger partial charge in [0.15, 0.2) is 0 Å². The van der Waals surface area contributed by atoms with Gasteiger partial charge in [-0.25, -0.2) is 14.8 Å². The number of hydrogen-bond donors (Lipinski definition) is 0. The van der Waals surface area contributed by atoms with E-state index in [0.717, 1.165) is 31.0 Å². The first-order valence-electron chi connectivity index (χ1n) is 7.76. The summed E-state index contributed by atoms with van der Waals surface area (Å²) in [6, 6.07) is 0. The molecule has 1 aromatic heterocycles. The quantitative estimate of drug-likeness (QED) is 0.781. The van der Waals surface area contributed by atoms with Gasteiger partial charge >= 0.3 is 5.97 Å². The third kappa shape index (κ3) is 4.24. The molecule has 0 amide bonds. The van der Waals surface area contributed by atoms with Crippen molar-refractivity contribution in [2.45, 2.75) is 58.5 Å². The molecular weight excluding hydrogens is 268 g/mol. The van der Waals surface area contributed by atoms with Crippen LogP contribution in [0.2, 0.25) is 0 Å². The van der Waals surface area contributed by atoms with Gasteiger partial charge in [-0.1, -0.05) is 13.8 Å². The van der Waals surface area contributed by atoms with Crippen LogP contribution in [0.15, 0.2) is 6.20 Å². The second kappa shape index (κ2) is 7.50. The Morgan fingerprint density at radius 2 is 2.29 bits per heavy atom. The Morgan fingerprint density at radius 1 is 1.48 bits per heavy atom. The van der Waals surface area contributed by atoms with Crippen LogP contribution in [0.4, 0.5) is 0 Å². The molecular formula is C16H24N2O3. The van der Waals surface area contributed by atoms with Gasteiger partial charge in [0, 0.05) is 19.2 Å². The minimum absolute atomic E-state index is 0.151. The Kier molecular flexibility index (Phi) is 5.67. The number of nitrogens with zero attached hydrogens (tertiary/aromatic N) is 2. The summed E-state index contributed by atoms with van der Waals surface area (Å²) in [7, 11) is 0. The first-order valence-corrected chi connectivity index (χ1v) is 7.76. The fourth-order valence-corrected chi connectivity index (χ4v) is 2.51. The molecule has 1 aliphatic rings. The Morgan fingerprint density at radius 3 is 2.90 bits per heavy atom. The molecule has 0 spiro atoms. The minimum atomic E-state index is -0.346. The van der Waals surface area contributed by atoms with E-state index in [-0.39, 0.29) is 18.0 Å². The maximum atomic E-state index is 11.9. The van der Waals surface area contributed by atoms with Crippen LogP contribution in [-0.2, 0) is 15.9 Å². The smallest absolute Gasteiger partial charge is 0.341 e. The fourth-order valence-electron chi connectivity index (χ4n) is 2.51. The van der Waals surface area contributed by atoms with Crippen LogP contribution in [0.3, 0.4) is 0 Å². The molecule has 1 unspecified atom stereocenters. The highest BCUT2D eigenvalue weighted by molar-refractivity contribution is 5.90. The molecule has 0 bridgehead atoms. The summed E-state index contributed by atoms with van der Waals surface area (Å²) in [6.07, 6.45) is 5.90. The topological polar surface area (TPSA) is 61.3 Å². The number of rotatable bonds is 5. The Hall–Kier alpha value is -1.49. The molecule has 0 radical (unpaired) electrons. The van der Waals surface area contributed by atoms with E-state index in [4.69, 9.17) is 9.47 Å². The number of ether oxygens (including phenoxy) is 2. The molecule has 2 heterocycles. The fraction of sp³-hybridized carbons (Fsp3) is 0.688. The molecule has 1 fully saturated rings. The maximum absolute atomic E-state index is 11.9. The van der Waals surface area contributed by atoms with Gasteiger partial charge in [-0.2, -0.15) is 0 Å². The molecule has 2 rings (SSSR count). The predicted octanol–water partition coefficient (Wildman–Crippen LogP) is 2.89. The van der Waals surface area contributed by atoms with Crippen molar-refractivity contribution in [1.82, 2.24) is 9.97 Å². The van der Waals surface area contributed by atoms with E-state index in [1.807, 2.05) is 13.8 Å². The Labute approximate surface area is 126 Å². The number of carbonyl (C=O) groups is 1. The van der Waals surface area contributed by atoms with Crippen molar-refractivity contribution < 1.29 is 14.3 Å². The molecule has 0 aliphatic carbocycles. The van der Waals surface area contributed by atoms with Gasteiger partial charge in [0.25, 0.3) is 0 Å². The number of carbonyl (C=O) groups excluding carboxylic acids is 1. The molecule has 1 atom stereocenters. The van der Waals surface area contributed by atoms with E-state index < -0.39 is 0 Å². The van der Waals surface area contributed by atoms with Gasteiger partial charge < -0.3 is 9.47 Å². The normalized spacial score (nSPS) is 18.8. The first kappa shape index (κ1) is 15.9. The standard InChI is InChI=1S/C16H24N2O3/c1-4-20-16(19)13-10-17-14(18-15(13)11(2)3)9-12-7-5-6-8-21-12/h10-12H,4-9H2,1-3H3. The summed E-state index contributed by atoms with van der Waals surface area (Å²) < 4.78 is 10.8. The van der Waals surface area contributed by atoms with Crippen LogP contribution in [0.25, 0.3) is 0 Å². The molecule has 5 heteroatoms. The Bertz CT molecular complexity index is 482. The van der Waals surface area contributed by atoms with Crippen molar-refractivity contribution in [3.8, 4) is 0 Å².